The Morgan fingerprint density at radius 1 is 1.53 bits per heavy atom. The average molecular weight is 325 g/mol. The van der Waals surface area contributed by atoms with Crippen molar-refractivity contribution in [1.29, 1.82) is 0 Å². The molecule has 17 heavy (non-hydrogen) atoms. The molecule has 0 saturated heterocycles. The Labute approximate surface area is 106 Å². The largest absolute Gasteiger partial charge is 0.352 e. The maximum absolute atomic E-state index is 13.4. The number of rotatable bonds is 3. The molecular formula is C9H10BrFN2O3S. The van der Waals surface area contributed by atoms with E-state index in [2.05, 4.69) is 21.2 Å². The number of amides is 1. The molecule has 0 aromatic heterocycles. The van der Waals surface area contributed by atoms with Crippen LogP contribution in [-0.4, -0.2) is 20.9 Å². The molecule has 0 saturated carbocycles. The minimum atomic E-state index is -4.09. The second-order valence-electron chi connectivity index (χ2n) is 3.17. The lowest BCUT2D eigenvalue weighted by molar-refractivity contribution is 0.0955. The van der Waals surface area contributed by atoms with Crippen molar-refractivity contribution in [1.82, 2.24) is 5.32 Å². The third-order valence-electron chi connectivity index (χ3n) is 1.90. The van der Waals surface area contributed by atoms with E-state index in [4.69, 9.17) is 5.14 Å². The fourth-order valence-corrected chi connectivity index (χ4v) is 2.71. The molecule has 1 rings (SSSR count). The summed E-state index contributed by atoms with van der Waals surface area (Å²) in [4.78, 5) is 11.0. The van der Waals surface area contributed by atoms with Gasteiger partial charge in [0.1, 0.15) is 5.82 Å². The van der Waals surface area contributed by atoms with E-state index < -0.39 is 26.6 Å². The molecule has 0 radical (unpaired) electrons. The maximum atomic E-state index is 13.4. The van der Waals surface area contributed by atoms with E-state index in [0.717, 1.165) is 12.1 Å². The van der Waals surface area contributed by atoms with E-state index in [0.29, 0.717) is 6.54 Å². The van der Waals surface area contributed by atoms with Crippen molar-refractivity contribution in [3.05, 3.63) is 28.0 Å². The monoisotopic (exact) mass is 324 g/mol. The lowest BCUT2D eigenvalue weighted by Gasteiger charge is -2.07. The number of sulfonamides is 1. The number of hydrogen-bond donors (Lipinski definition) is 2. The second kappa shape index (κ2) is 5.11. The third kappa shape index (κ3) is 3.24. The van der Waals surface area contributed by atoms with Crippen molar-refractivity contribution < 1.29 is 17.6 Å². The van der Waals surface area contributed by atoms with Crippen molar-refractivity contribution >= 4 is 31.9 Å². The molecule has 0 spiro atoms. The fourth-order valence-electron chi connectivity index (χ4n) is 1.16. The van der Waals surface area contributed by atoms with Gasteiger partial charge >= 0.3 is 0 Å². The number of carbonyl (C=O) groups is 1. The van der Waals surface area contributed by atoms with Gasteiger partial charge in [-0.25, -0.2) is 17.9 Å². The van der Waals surface area contributed by atoms with Gasteiger partial charge in [-0.15, -0.1) is 0 Å². The minimum absolute atomic E-state index is 0.100. The van der Waals surface area contributed by atoms with Gasteiger partial charge in [0.2, 0.25) is 10.0 Å². The summed E-state index contributed by atoms with van der Waals surface area (Å²) in [5, 5.41) is 7.34. The molecule has 94 valence electrons. The predicted molar refractivity (Wildman–Crippen MR) is 63.5 cm³/mol. The van der Waals surface area contributed by atoms with Crippen LogP contribution >= 0.6 is 15.9 Å². The number of nitrogens with two attached hydrogens (primary N) is 1. The van der Waals surface area contributed by atoms with Gasteiger partial charge in [-0.1, -0.05) is 0 Å². The molecule has 1 amide bonds. The van der Waals surface area contributed by atoms with Gasteiger partial charge in [0.25, 0.3) is 5.91 Å². The van der Waals surface area contributed by atoms with E-state index in [1.807, 2.05) is 0 Å². The zero-order valence-corrected chi connectivity index (χ0v) is 11.2. The van der Waals surface area contributed by atoms with E-state index in [9.17, 15) is 17.6 Å². The molecule has 0 aliphatic rings. The Balaban J connectivity index is 3.39. The molecule has 1 aromatic rings. The molecule has 0 aliphatic carbocycles. The summed E-state index contributed by atoms with van der Waals surface area (Å²) in [6, 6.07) is 1.96. The molecule has 1 aromatic carbocycles. The zero-order valence-electron chi connectivity index (χ0n) is 8.83. The van der Waals surface area contributed by atoms with E-state index in [1.165, 1.54) is 0 Å². The van der Waals surface area contributed by atoms with Crippen LogP contribution in [0.25, 0.3) is 0 Å². The third-order valence-corrected chi connectivity index (χ3v) is 3.90. The van der Waals surface area contributed by atoms with Gasteiger partial charge in [-0.2, -0.15) is 0 Å². The first kappa shape index (κ1) is 14.1. The zero-order chi connectivity index (χ0) is 13.2. The summed E-state index contributed by atoms with van der Waals surface area (Å²) in [6.07, 6.45) is 0. The predicted octanol–water partition coefficient (Wildman–Crippen LogP) is 0.985. The lowest BCUT2D eigenvalue weighted by atomic mass is 10.2. The number of primary sulfonamides is 1. The first-order valence-electron chi connectivity index (χ1n) is 4.57. The van der Waals surface area contributed by atoms with Crippen LogP contribution in [-0.2, 0) is 10.0 Å². The van der Waals surface area contributed by atoms with Crippen LogP contribution in [0.15, 0.2) is 21.5 Å². The lowest BCUT2D eigenvalue weighted by Crippen LogP contribution is -2.23. The van der Waals surface area contributed by atoms with Gasteiger partial charge in [-0.05, 0) is 35.0 Å². The van der Waals surface area contributed by atoms with Crippen molar-refractivity contribution in [2.24, 2.45) is 5.14 Å². The maximum Gasteiger partial charge on any atom is 0.251 e. The summed E-state index contributed by atoms with van der Waals surface area (Å²) in [5.41, 5.74) is -0.100. The first-order valence-corrected chi connectivity index (χ1v) is 6.91. The first-order chi connectivity index (χ1) is 7.77. The van der Waals surface area contributed by atoms with Gasteiger partial charge in [0.05, 0.1) is 9.37 Å². The highest BCUT2D eigenvalue weighted by Crippen LogP contribution is 2.25. The molecule has 5 nitrogen and oxygen atoms in total. The van der Waals surface area contributed by atoms with Gasteiger partial charge in [-0.3, -0.25) is 4.79 Å². The topological polar surface area (TPSA) is 89.3 Å². The van der Waals surface area contributed by atoms with E-state index >= 15 is 0 Å². The molecular weight excluding hydrogens is 315 g/mol. The molecule has 3 N–H and O–H groups in total. The van der Waals surface area contributed by atoms with Crippen LogP contribution in [0, 0.1) is 5.82 Å². The van der Waals surface area contributed by atoms with Crippen molar-refractivity contribution in [2.75, 3.05) is 6.54 Å². The average Bonchev–Trinajstić information content (AvgIpc) is 2.20. The standard InChI is InChI=1S/C9H10BrFN2O3S/c1-2-13-9(14)5-3-6(11)8(10)7(4-5)17(12,15)16/h3-4H,2H2,1H3,(H,13,14)(H2,12,15,16). The van der Waals surface area contributed by atoms with Crippen LogP contribution in [0.4, 0.5) is 4.39 Å². The number of hydrogen-bond acceptors (Lipinski definition) is 3. The van der Waals surface area contributed by atoms with Gasteiger partial charge in [0, 0.05) is 12.1 Å². The van der Waals surface area contributed by atoms with Crippen LogP contribution in [0.5, 0.6) is 0 Å². The minimum Gasteiger partial charge on any atom is -0.352 e. The summed E-state index contributed by atoms with van der Waals surface area (Å²) < 4.78 is 35.5. The summed E-state index contributed by atoms with van der Waals surface area (Å²) in [6.45, 7) is 2.04. The Hall–Kier alpha value is -0.990. The van der Waals surface area contributed by atoms with Crippen molar-refractivity contribution in [3.8, 4) is 0 Å². The normalized spacial score (nSPS) is 11.3. The number of carbonyl (C=O) groups excluding carboxylic acids is 1. The highest BCUT2D eigenvalue weighted by Gasteiger charge is 2.19. The SMILES string of the molecule is CCNC(=O)c1cc(F)c(Br)c(S(N)(=O)=O)c1. The van der Waals surface area contributed by atoms with Crippen molar-refractivity contribution in [3.63, 3.8) is 0 Å². The Kier molecular flexibility index (Phi) is 4.23. The smallest absolute Gasteiger partial charge is 0.251 e. The van der Waals surface area contributed by atoms with Gasteiger partial charge in [0.15, 0.2) is 0 Å². The highest BCUT2D eigenvalue weighted by molar-refractivity contribution is 9.10. The van der Waals surface area contributed by atoms with E-state index in [1.54, 1.807) is 6.92 Å². The van der Waals surface area contributed by atoms with E-state index in [-0.39, 0.29) is 10.0 Å². The number of benzene rings is 1. The Bertz CT molecular complexity index is 560. The van der Waals surface area contributed by atoms with Crippen LogP contribution in [0.3, 0.4) is 0 Å². The molecule has 0 aliphatic heterocycles. The summed E-state index contributed by atoms with van der Waals surface area (Å²) >= 11 is 2.77. The summed E-state index contributed by atoms with van der Waals surface area (Å²) in [7, 11) is -4.09. The molecule has 0 bridgehead atoms. The fraction of sp³-hybridized carbons (Fsp3) is 0.222. The number of halogens is 2. The summed E-state index contributed by atoms with van der Waals surface area (Å²) in [5.74, 6) is -1.43. The van der Waals surface area contributed by atoms with Gasteiger partial charge < -0.3 is 5.32 Å². The molecule has 0 heterocycles. The van der Waals surface area contributed by atoms with Crippen LogP contribution in [0.2, 0.25) is 0 Å². The quantitative estimate of drug-likeness (QED) is 0.868. The number of nitrogens with one attached hydrogen (secondary N) is 1. The van der Waals surface area contributed by atoms with Crippen LogP contribution < -0.4 is 10.5 Å². The molecule has 8 heteroatoms. The molecule has 0 atom stereocenters. The molecule has 0 fully saturated rings. The molecule has 0 unspecified atom stereocenters. The Morgan fingerprint density at radius 3 is 2.59 bits per heavy atom. The second-order valence-corrected chi connectivity index (χ2v) is 5.50. The highest BCUT2D eigenvalue weighted by atomic mass is 79.9. The Morgan fingerprint density at radius 2 is 2.12 bits per heavy atom. The van der Waals surface area contributed by atoms with Crippen molar-refractivity contribution in [2.45, 2.75) is 11.8 Å². The van der Waals surface area contributed by atoms with Crippen LogP contribution in [0.1, 0.15) is 17.3 Å².